The number of likely N-dealkylation sites (tertiary alicyclic amines) is 1. The number of rotatable bonds is 5. The highest BCUT2D eigenvalue weighted by molar-refractivity contribution is 6.04. The van der Waals surface area contributed by atoms with E-state index < -0.39 is 5.41 Å². The second kappa shape index (κ2) is 7.71. The summed E-state index contributed by atoms with van der Waals surface area (Å²) in [5, 5.41) is 2.90. The van der Waals surface area contributed by atoms with Gasteiger partial charge < -0.3 is 10.2 Å². The third kappa shape index (κ3) is 3.40. The van der Waals surface area contributed by atoms with E-state index in [9.17, 15) is 14.4 Å². The van der Waals surface area contributed by atoms with Gasteiger partial charge in [-0.3, -0.25) is 19.3 Å². The minimum Gasteiger partial charge on any atom is -0.372 e. The smallest absolute Gasteiger partial charge is 0.235 e. The highest BCUT2D eigenvalue weighted by Gasteiger charge is 2.64. The van der Waals surface area contributed by atoms with Crippen molar-refractivity contribution in [2.45, 2.75) is 59.3 Å². The summed E-state index contributed by atoms with van der Waals surface area (Å²) in [6, 6.07) is 7.92. The second-order valence-corrected chi connectivity index (χ2v) is 9.83. The number of nitrogens with one attached hydrogen (secondary N) is 1. The Kier molecular flexibility index (Phi) is 5.37. The van der Waals surface area contributed by atoms with Crippen molar-refractivity contribution in [3.63, 3.8) is 0 Å². The molecule has 1 aromatic carbocycles. The van der Waals surface area contributed by atoms with E-state index in [1.54, 1.807) is 0 Å². The van der Waals surface area contributed by atoms with Crippen molar-refractivity contribution in [1.29, 1.82) is 0 Å². The van der Waals surface area contributed by atoms with Gasteiger partial charge in [0.1, 0.15) is 0 Å². The molecule has 0 aromatic heterocycles. The Morgan fingerprint density at radius 2 is 1.73 bits per heavy atom. The molecule has 3 aliphatic rings. The predicted octanol–water partition coefficient (Wildman–Crippen LogP) is 3.82. The first-order chi connectivity index (χ1) is 14.2. The number of imide groups is 1. The van der Waals surface area contributed by atoms with Gasteiger partial charge in [0.2, 0.25) is 17.7 Å². The van der Waals surface area contributed by atoms with Gasteiger partial charge in [-0.05, 0) is 61.8 Å². The molecule has 3 fully saturated rings. The zero-order valence-corrected chi connectivity index (χ0v) is 18.4. The number of piperidine rings is 2. The number of carbonyl (C=O) groups is 3. The first-order valence-corrected chi connectivity index (χ1v) is 11.2. The molecule has 2 unspecified atom stereocenters. The summed E-state index contributed by atoms with van der Waals surface area (Å²) in [4.78, 5) is 42.1. The van der Waals surface area contributed by atoms with Crippen LogP contribution >= 0.6 is 0 Å². The lowest BCUT2D eigenvalue weighted by molar-refractivity contribution is -0.167. The van der Waals surface area contributed by atoms with E-state index in [4.69, 9.17) is 0 Å². The summed E-state index contributed by atoms with van der Waals surface area (Å²) in [6.07, 6.45) is 5.35. The lowest BCUT2D eigenvalue weighted by atomic mass is 9.62. The van der Waals surface area contributed by atoms with E-state index in [0.717, 1.165) is 31.6 Å². The molecule has 1 saturated carbocycles. The van der Waals surface area contributed by atoms with E-state index >= 15 is 0 Å². The highest BCUT2D eigenvalue weighted by atomic mass is 16.2. The maximum absolute atomic E-state index is 13.1. The second-order valence-electron chi connectivity index (χ2n) is 9.83. The summed E-state index contributed by atoms with van der Waals surface area (Å²) in [5.41, 5.74) is 1.08. The Morgan fingerprint density at radius 3 is 2.40 bits per heavy atom. The minimum atomic E-state index is -0.521. The van der Waals surface area contributed by atoms with Gasteiger partial charge in [0.05, 0.1) is 5.41 Å². The molecule has 1 aliphatic carbocycles. The van der Waals surface area contributed by atoms with Crippen LogP contribution in [0.2, 0.25) is 0 Å². The maximum Gasteiger partial charge on any atom is 0.235 e. The number of anilines is 2. The van der Waals surface area contributed by atoms with Crippen molar-refractivity contribution in [2.24, 2.45) is 16.7 Å². The van der Waals surface area contributed by atoms with Crippen LogP contribution in [0.5, 0.6) is 0 Å². The first kappa shape index (κ1) is 20.9. The van der Waals surface area contributed by atoms with Crippen LogP contribution in [0, 0.1) is 16.7 Å². The van der Waals surface area contributed by atoms with Crippen LogP contribution in [0.3, 0.4) is 0 Å². The Morgan fingerprint density at radius 1 is 1.07 bits per heavy atom. The summed E-state index contributed by atoms with van der Waals surface area (Å²) in [5.74, 6) is -0.544. The molecule has 2 atom stereocenters. The monoisotopic (exact) mass is 411 g/mol. The van der Waals surface area contributed by atoms with E-state index in [1.165, 1.54) is 29.8 Å². The predicted molar refractivity (Wildman–Crippen MR) is 117 cm³/mol. The van der Waals surface area contributed by atoms with Crippen molar-refractivity contribution >= 4 is 29.1 Å². The molecule has 4 rings (SSSR count). The Hall–Kier alpha value is -2.37. The molecule has 0 spiro atoms. The van der Waals surface area contributed by atoms with Gasteiger partial charge in [0.25, 0.3) is 0 Å². The van der Waals surface area contributed by atoms with Gasteiger partial charge in [-0.1, -0.05) is 20.8 Å². The number of nitrogens with zero attached hydrogens (tertiary/aromatic N) is 2. The average Bonchev–Trinajstić information content (AvgIpc) is 2.92. The van der Waals surface area contributed by atoms with Gasteiger partial charge in [0, 0.05) is 43.3 Å². The van der Waals surface area contributed by atoms with E-state index in [2.05, 4.69) is 10.2 Å². The molecule has 2 saturated heterocycles. The molecule has 6 nitrogen and oxygen atoms in total. The topological polar surface area (TPSA) is 69.7 Å². The zero-order chi connectivity index (χ0) is 21.5. The number of hydrogen-bond donors (Lipinski definition) is 1. The van der Waals surface area contributed by atoms with Gasteiger partial charge in [-0.2, -0.15) is 0 Å². The number of carbonyl (C=O) groups excluding carboxylic acids is 3. The highest BCUT2D eigenvalue weighted by Crippen LogP contribution is 2.60. The van der Waals surface area contributed by atoms with Crippen molar-refractivity contribution in [3.8, 4) is 0 Å². The molecule has 2 bridgehead atoms. The third-order valence-corrected chi connectivity index (χ3v) is 7.94. The molecule has 0 radical (unpaired) electrons. The molecular weight excluding hydrogens is 378 g/mol. The minimum absolute atomic E-state index is 0.112. The normalized spacial score (nSPS) is 28.0. The number of amides is 3. The molecule has 1 N–H and O–H groups in total. The molecule has 1 aromatic rings. The van der Waals surface area contributed by atoms with Crippen LogP contribution in [0.1, 0.15) is 59.3 Å². The Bertz CT molecular complexity index is 842. The molecular formula is C24H33N3O3. The lowest BCUT2D eigenvalue weighted by Gasteiger charge is -2.47. The maximum atomic E-state index is 13.1. The van der Waals surface area contributed by atoms with Crippen molar-refractivity contribution in [1.82, 2.24) is 4.90 Å². The SMILES string of the molecule is CC12CCC(C(=O)N(CCC(=O)Nc3ccc(N4CCCCC4)cc3)C1=O)C2(C)C. The summed E-state index contributed by atoms with van der Waals surface area (Å²) >= 11 is 0. The Balaban J connectivity index is 1.34. The van der Waals surface area contributed by atoms with Crippen LogP contribution in [0.25, 0.3) is 0 Å². The fourth-order valence-corrected chi connectivity index (χ4v) is 5.46. The van der Waals surface area contributed by atoms with Crippen LogP contribution < -0.4 is 10.2 Å². The van der Waals surface area contributed by atoms with Crippen LogP contribution in [-0.4, -0.2) is 42.3 Å². The third-order valence-electron chi connectivity index (χ3n) is 7.94. The number of benzene rings is 1. The van der Waals surface area contributed by atoms with E-state index in [0.29, 0.717) is 0 Å². The largest absolute Gasteiger partial charge is 0.372 e. The Labute approximate surface area is 179 Å². The fraction of sp³-hybridized carbons (Fsp3) is 0.625. The van der Waals surface area contributed by atoms with E-state index in [1.807, 2.05) is 45.0 Å². The van der Waals surface area contributed by atoms with Crippen LogP contribution in [-0.2, 0) is 14.4 Å². The van der Waals surface area contributed by atoms with Crippen molar-refractivity contribution in [2.75, 3.05) is 29.9 Å². The van der Waals surface area contributed by atoms with Crippen molar-refractivity contribution < 1.29 is 14.4 Å². The van der Waals surface area contributed by atoms with Crippen molar-refractivity contribution in [3.05, 3.63) is 24.3 Å². The summed E-state index contributed by atoms with van der Waals surface area (Å²) in [7, 11) is 0. The molecule has 30 heavy (non-hydrogen) atoms. The van der Waals surface area contributed by atoms with Gasteiger partial charge in [-0.15, -0.1) is 0 Å². The molecule has 2 aliphatic heterocycles. The van der Waals surface area contributed by atoms with Crippen LogP contribution in [0.15, 0.2) is 24.3 Å². The molecule has 2 heterocycles. The summed E-state index contributed by atoms with van der Waals surface area (Å²) in [6.45, 7) is 8.34. The standard InChI is InChI=1S/C24H33N3O3/c1-23(2)19-11-13-24(23,3)22(30)27(21(19)29)16-12-20(28)25-17-7-9-18(10-8-17)26-14-5-4-6-15-26/h7-10,19H,4-6,11-16H2,1-3H3,(H,25,28). The molecule has 6 heteroatoms. The average molecular weight is 412 g/mol. The lowest BCUT2D eigenvalue weighted by Crippen LogP contribution is -2.59. The first-order valence-electron chi connectivity index (χ1n) is 11.2. The molecule has 162 valence electrons. The zero-order valence-electron chi connectivity index (χ0n) is 18.4. The number of hydrogen-bond acceptors (Lipinski definition) is 4. The van der Waals surface area contributed by atoms with Gasteiger partial charge >= 0.3 is 0 Å². The summed E-state index contributed by atoms with van der Waals surface area (Å²) < 4.78 is 0. The fourth-order valence-electron chi connectivity index (χ4n) is 5.46. The van der Waals surface area contributed by atoms with E-state index in [-0.39, 0.29) is 42.0 Å². The van der Waals surface area contributed by atoms with Gasteiger partial charge in [0.15, 0.2) is 0 Å². The molecule has 3 amide bonds. The van der Waals surface area contributed by atoms with Gasteiger partial charge in [-0.25, -0.2) is 0 Å². The quantitative estimate of drug-likeness (QED) is 0.748. The number of fused-ring (bicyclic) bond motifs is 2. The van der Waals surface area contributed by atoms with Crippen LogP contribution in [0.4, 0.5) is 11.4 Å².